The molecule has 3 N–H and O–H groups in total. The average Bonchev–Trinajstić information content (AvgIpc) is 3.24. The maximum Gasteiger partial charge on any atom is 0.433 e. The molecule has 4 rings (SSSR count). The molecule has 12 heteroatoms. The third kappa shape index (κ3) is 5.02. The van der Waals surface area contributed by atoms with E-state index in [4.69, 9.17) is 0 Å². The zero-order chi connectivity index (χ0) is 24.7. The highest BCUT2D eigenvalue weighted by Crippen LogP contribution is 2.45. The Balaban J connectivity index is 1.57. The SMILES string of the molecule is Cc1cc(Nc2cc(C(F)(F)F)ncn2)nc(-c2cnc([C@]3(O)CCC(C(=O)O)[C@@H](C)C3)s2)c1. The van der Waals surface area contributed by atoms with Crippen molar-refractivity contribution >= 4 is 28.9 Å². The minimum absolute atomic E-state index is 0.0464. The van der Waals surface area contributed by atoms with E-state index in [1.165, 1.54) is 11.3 Å². The highest BCUT2D eigenvalue weighted by molar-refractivity contribution is 7.15. The number of pyridine rings is 1. The predicted octanol–water partition coefficient (Wildman–Crippen LogP) is 4.77. The molecule has 0 saturated heterocycles. The van der Waals surface area contributed by atoms with Crippen LogP contribution in [0.3, 0.4) is 0 Å². The minimum atomic E-state index is -4.59. The molecule has 0 amide bonds. The van der Waals surface area contributed by atoms with E-state index in [1.807, 2.05) is 13.8 Å². The first-order chi connectivity index (χ1) is 15.9. The quantitative estimate of drug-likeness (QED) is 0.465. The van der Waals surface area contributed by atoms with Crippen molar-refractivity contribution in [1.29, 1.82) is 0 Å². The predicted molar refractivity (Wildman–Crippen MR) is 118 cm³/mol. The van der Waals surface area contributed by atoms with Crippen molar-refractivity contribution in [2.24, 2.45) is 11.8 Å². The van der Waals surface area contributed by atoms with Crippen LogP contribution in [0.4, 0.5) is 24.8 Å². The lowest BCUT2D eigenvalue weighted by atomic mass is 9.72. The van der Waals surface area contributed by atoms with Gasteiger partial charge in [0, 0.05) is 12.3 Å². The highest BCUT2D eigenvalue weighted by Gasteiger charge is 2.43. The Hall–Kier alpha value is -3.12. The van der Waals surface area contributed by atoms with Crippen LogP contribution >= 0.6 is 11.3 Å². The van der Waals surface area contributed by atoms with E-state index in [2.05, 4.69) is 25.3 Å². The number of anilines is 2. The first kappa shape index (κ1) is 24.0. The zero-order valence-corrected chi connectivity index (χ0v) is 19.1. The Kier molecular flexibility index (Phi) is 6.30. The molecule has 1 aliphatic rings. The van der Waals surface area contributed by atoms with Crippen LogP contribution in [0.2, 0.25) is 0 Å². The Morgan fingerprint density at radius 2 is 1.97 bits per heavy atom. The molecule has 0 aromatic carbocycles. The molecule has 0 radical (unpaired) electrons. The van der Waals surface area contributed by atoms with Gasteiger partial charge in [-0.05, 0) is 49.8 Å². The van der Waals surface area contributed by atoms with Crippen molar-refractivity contribution in [3.05, 3.63) is 47.0 Å². The number of carbonyl (C=O) groups is 1. The van der Waals surface area contributed by atoms with Crippen molar-refractivity contribution in [1.82, 2.24) is 19.9 Å². The normalized spacial score (nSPS) is 23.0. The molecule has 1 fully saturated rings. The number of aryl methyl sites for hydroxylation is 1. The molecule has 3 atom stereocenters. The first-order valence-electron chi connectivity index (χ1n) is 10.5. The third-order valence-corrected chi connectivity index (χ3v) is 7.09. The Bertz CT molecular complexity index is 1220. The largest absolute Gasteiger partial charge is 0.481 e. The van der Waals surface area contributed by atoms with Gasteiger partial charge in [0.25, 0.3) is 0 Å². The number of hydrogen-bond acceptors (Lipinski definition) is 8. The maximum atomic E-state index is 12.9. The summed E-state index contributed by atoms with van der Waals surface area (Å²) in [5.74, 6) is -1.30. The van der Waals surface area contributed by atoms with Crippen LogP contribution in [0.1, 0.15) is 42.5 Å². The van der Waals surface area contributed by atoms with Gasteiger partial charge in [0.1, 0.15) is 34.3 Å². The number of rotatable bonds is 5. The van der Waals surface area contributed by atoms with E-state index in [-0.39, 0.29) is 11.7 Å². The fraction of sp³-hybridized carbons (Fsp3) is 0.409. The van der Waals surface area contributed by atoms with Crippen molar-refractivity contribution in [3.63, 3.8) is 0 Å². The van der Waals surface area contributed by atoms with Gasteiger partial charge in [-0.25, -0.2) is 19.9 Å². The van der Waals surface area contributed by atoms with E-state index >= 15 is 0 Å². The second-order valence-electron chi connectivity index (χ2n) is 8.55. The van der Waals surface area contributed by atoms with Gasteiger partial charge in [-0.2, -0.15) is 13.2 Å². The lowest BCUT2D eigenvalue weighted by Gasteiger charge is -2.37. The molecule has 3 aromatic heterocycles. The van der Waals surface area contributed by atoms with Crippen LogP contribution < -0.4 is 5.32 Å². The third-order valence-electron chi connectivity index (χ3n) is 5.87. The first-order valence-corrected chi connectivity index (χ1v) is 11.3. The number of nitrogens with zero attached hydrogens (tertiary/aromatic N) is 4. The summed E-state index contributed by atoms with van der Waals surface area (Å²) < 4.78 is 38.8. The number of halogens is 3. The van der Waals surface area contributed by atoms with Crippen molar-refractivity contribution in [2.75, 3.05) is 5.32 Å². The number of thiazole rings is 1. The lowest BCUT2D eigenvalue weighted by Crippen LogP contribution is -2.38. The molecule has 8 nitrogen and oxygen atoms in total. The monoisotopic (exact) mass is 493 g/mol. The van der Waals surface area contributed by atoms with Gasteiger partial charge in [0.05, 0.1) is 16.5 Å². The summed E-state index contributed by atoms with van der Waals surface area (Å²) in [4.78, 5) is 28.0. The maximum absolute atomic E-state index is 12.9. The molecular weight excluding hydrogens is 471 g/mol. The van der Waals surface area contributed by atoms with E-state index in [9.17, 15) is 28.2 Å². The molecule has 0 bridgehead atoms. The van der Waals surface area contributed by atoms with Gasteiger partial charge in [-0.15, -0.1) is 11.3 Å². The summed E-state index contributed by atoms with van der Waals surface area (Å²) in [7, 11) is 0. The zero-order valence-electron chi connectivity index (χ0n) is 18.3. The Labute approximate surface area is 197 Å². The summed E-state index contributed by atoms with van der Waals surface area (Å²) in [5.41, 5.74) is -0.937. The Morgan fingerprint density at radius 3 is 2.65 bits per heavy atom. The molecule has 180 valence electrons. The average molecular weight is 494 g/mol. The van der Waals surface area contributed by atoms with Crippen LogP contribution in [0.15, 0.2) is 30.7 Å². The van der Waals surface area contributed by atoms with Gasteiger partial charge in [0.15, 0.2) is 0 Å². The number of aromatic nitrogens is 4. The minimum Gasteiger partial charge on any atom is -0.481 e. The van der Waals surface area contributed by atoms with Gasteiger partial charge in [-0.3, -0.25) is 4.79 Å². The number of aliphatic carboxylic acids is 1. The number of alkyl halides is 3. The van der Waals surface area contributed by atoms with E-state index in [0.717, 1.165) is 18.0 Å². The molecule has 1 saturated carbocycles. The smallest absolute Gasteiger partial charge is 0.433 e. The van der Waals surface area contributed by atoms with Gasteiger partial charge in [-0.1, -0.05) is 6.92 Å². The number of carboxylic acid groups (broad SMARTS) is 1. The van der Waals surface area contributed by atoms with Gasteiger partial charge < -0.3 is 15.5 Å². The second-order valence-corrected chi connectivity index (χ2v) is 9.58. The summed E-state index contributed by atoms with van der Waals surface area (Å²) in [6.45, 7) is 3.64. The molecule has 34 heavy (non-hydrogen) atoms. The fourth-order valence-corrected chi connectivity index (χ4v) is 5.20. The number of nitrogens with one attached hydrogen (secondary N) is 1. The van der Waals surface area contributed by atoms with Crippen molar-refractivity contribution in [3.8, 4) is 10.6 Å². The molecule has 3 aromatic rings. The van der Waals surface area contributed by atoms with Crippen LogP contribution in [0, 0.1) is 18.8 Å². The number of hydrogen-bond donors (Lipinski definition) is 3. The van der Waals surface area contributed by atoms with Crippen LogP contribution in [0.25, 0.3) is 10.6 Å². The van der Waals surface area contributed by atoms with Gasteiger partial charge in [0.2, 0.25) is 0 Å². The van der Waals surface area contributed by atoms with E-state index in [0.29, 0.717) is 40.7 Å². The number of aliphatic hydroxyl groups is 1. The molecular formula is C22H22F3N5O3S. The summed E-state index contributed by atoms with van der Waals surface area (Å²) in [6.07, 6.45) is -1.23. The second kappa shape index (κ2) is 8.91. The van der Waals surface area contributed by atoms with Crippen molar-refractivity contribution < 1.29 is 28.2 Å². The highest BCUT2D eigenvalue weighted by atomic mass is 32.1. The topological polar surface area (TPSA) is 121 Å². The summed E-state index contributed by atoms with van der Waals surface area (Å²) in [6, 6.07) is 4.28. The number of carboxylic acids is 1. The van der Waals surface area contributed by atoms with E-state index in [1.54, 1.807) is 18.3 Å². The molecule has 1 aliphatic carbocycles. The lowest BCUT2D eigenvalue weighted by molar-refractivity contribution is -0.148. The molecule has 3 heterocycles. The van der Waals surface area contributed by atoms with Crippen LogP contribution in [-0.2, 0) is 16.6 Å². The van der Waals surface area contributed by atoms with Gasteiger partial charge >= 0.3 is 12.1 Å². The summed E-state index contributed by atoms with van der Waals surface area (Å²) in [5, 5.41) is 23.8. The van der Waals surface area contributed by atoms with Crippen LogP contribution in [-0.4, -0.2) is 36.1 Å². The van der Waals surface area contributed by atoms with Crippen molar-refractivity contribution in [2.45, 2.75) is 44.9 Å². The molecule has 0 aliphatic heterocycles. The fourth-order valence-electron chi connectivity index (χ4n) is 4.19. The van der Waals surface area contributed by atoms with E-state index < -0.39 is 29.4 Å². The summed E-state index contributed by atoms with van der Waals surface area (Å²) >= 11 is 1.26. The van der Waals surface area contributed by atoms with Crippen LogP contribution in [0.5, 0.6) is 0 Å². The standard InChI is InChI=1S/C22H22F3N5O3S/c1-11-5-14(29-18(6-11)30-17-7-16(22(23,24)25)27-10-28-17)15-9-26-20(34-15)21(33)4-3-13(19(31)32)12(2)8-21/h5-7,9-10,12-13,33H,3-4,8H2,1-2H3,(H,31,32)(H,27,28,29,30)/t12-,13?,21-/m0/s1. The molecule has 0 spiro atoms. The molecule has 1 unspecified atom stereocenters. The Morgan fingerprint density at radius 1 is 1.21 bits per heavy atom.